The van der Waals surface area contributed by atoms with E-state index in [9.17, 15) is 0 Å². The van der Waals surface area contributed by atoms with Crippen LogP contribution in [0.3, 0.4) is 0 Å². The van der Waals surface area contributed by atoms with E-state index in [1.807, 2.05) is 26.0 Å². The molecule has 0 aliphatic rings. The number of aryl methyl sites for hydroxylation is 2. The summed E-state index contributed by atoms with van der Waals surface area (Å²) in [5.74, 6) is 3.40. The van der Waals surface area contributed by atoms with Gasteiger partial charge in [0.15, 0.2) is 23.3 Å². The monoisotopic (exact) mass is 375 g/mol. The molecule has 0 atom stereocenters. The number of guanidine groups is 1. The Morgan fingerprint density at radius 3 is 2.74 bits per heavy atom. The molecule has 0 amide bonds. The molecule has 27 heavy (non-hydrogen) atoms. The number of rotatable bonds is 10. The Hall–Kier alpha value is -2.77. The molecule has 0 saturated heterocycles. The summed E-state index contributed by atoms with van der Waals surface area (Å²) in [5.41, 5.74) is 1.21. The summed E-state index contributed by atoms with van der Waals surface area (Å²) in [6, 6.07) is 6.06. The second-order valence-corrected chi connectivity index (χ2v) is 5.88. The van der Waals surface area contributed by atoms with Gasteiger partial charge in [0, 0.05) is 13.1 Å². The van der Waals surface area contributed by atoms with E-state index >= 15 is 0 Å². The van der Waals surface area contributed by atoms with Crippen molar-refractivity contribution < 1.29 is 14.0 Å². The maximum atomic E-state index is 5.63. The molecule has 2 N–H and O–H groups in total. The van der Waals surface area contributed by atoms with Gasteiger partial charge in [-0.1, -0.05) is 11.2 Å². The summed E-state index contributed by atoms with van der Waals surface area (Å²) < 4.78 is 16.0. The Morgan fingerprint density at radius 1 is 1.22 bits per heavy atom. The highest BCUT2D eigenvalue weighted by molar-refractivity contribution is 5.79. The fourth-order valence-electron chi connectivity index (χ4n) is 2.54. The molecule has 0 fully saturated rings. The highest BCUT2D eigenvalue weighted by Crippen LogP contribution is 2.28. The van der Waals surface area contributed by atoms with E-state index in [0.717, 1.165) is 43.4 Å². The lowest BCUT2D eigenvalue weighted by Crippen LogP contribution is -2.37. The summed E-state index contributed by atoms with van der Waals surface area (Å²) in [5, 5.41) is 10.3. The zero-order valence-corrected chi connectivity index (χ0v) is 16.5. The molecular formula is C19H29N5O3. The molecule has 0 radical (unpaired) electrons. The quantitative estimate of drug-likeness (QED) is 0.374. The van der Waals surface area contributed by atoms with Crippen LogP contribution in [0, 0.1) is 6.92 Å². The van der Waals surface area contributed by atoms with E-state index in [4.69, 9.17) is 14.0 Å². The van der Waals surface area contributed by atoms with Gasteiger partial charge in [0.25, 0.3) is 0 Å². The third-order valence-corrected chi connectivity index (χ3v) is 3.75. The van der Waals surface area contributed by atoms with Crippen LogP contribution in [0.5, 0.6) is 11.5 Å². The Bertz CT molecular complexity index is 730. The number of aliphatic imine (C=N–C) groups is 1. The van der Waals surface area contributed by atoms with Gasteiger partial charge in [-0.05, 0) is 51.3 Å². The molecule has 1 heterocycles. The predicted octanol–water partition coefficient (Wildman–Crippen LogP) is 2.47. The molecule has 0 spiro atoms. The first-order chi connectivity index (χ1) is 13.2. The molecule has 0 aliphatic carbocycles. The van der Waals surface area contributed by atoms with Crippen LogP contribution in [-0.2, 0) is 13.0 Å². The van der Waals surface area contributed by atoms with Crippen LogP contribution in [0.2, 0.25) is 0 Å². The normalized spacial score (nSPS) is 11.3. The number of hydrogen-bond acceptors (Lipinski definition) is 6. The van der Waals surface area contributed by atoms with Gasteiger partial charge < -0.3 is 24.6 Å². The summed E-state index contributed by atoms with van der Waals surface area (Å²) in [6.07, 6.45) is 1.89. The summed E-state index contributed by atoms with van der Waals surface area (Å²) in [7, 11) is 1.65. The Kier molecular flexibility index (Phi) is 8.41. The number of methoxy groups -OCH3 is 1. The fourth-order valence-corrected chi connectivity index (χ4v) is 2.54. The first-order valence-corrected chi connectivity index (χ1v) is 9.27. The van der Waals surface area contributed by atoms with Crippen molar-refractivity contribution in [2.45, 2.75) is 40.2 Å². The summed E-state index contributed by atoms with van der Waals surface area (Å²) >= 11 is 0. The molecule has 2 aromatic rings. The minimum atomic E-state index is 0.354. The number of nitrogens with zero attached hydrogens (tertiary/aromatic N) is 3. The van der Waals surface area contributed by atoms with E-state index in [1.165, 1.54) is 5.56 Å². The second kappa shape index (κ2) is 11.1. The minimum Gasteiger partial charge on any atom is -0.493 e. The van der Waals surface area contributed by atoms with Crippen molar-refractivity contribution in [3.8, 4) is 11.5 Å². The van der Waals surface area contributed by atoms with Crippen LogP contribution >= 0.6 is 0 Å². The molecule has 2 rings (SSSR count). The molecule has 8 nitrogen and oxygen atoms in total. The van der Waals surface area contributed by atoms with E-state index in [-0.39, 0.29) is 0 Å². The lowest BCUT2D eigenvalue weighted by Gasteiger charge is -2.12. The molecule has 0 bridgehead atoms. The first kappa shape index (κ1) is 20.5. The van der Waals surface area contributed by atoms with Crippen molar-refractivity contribution in [2.75, 3.05) is 26.8 Å². The van der Waals surface area contributed by atoms with Crippen molar-refractivity contribution >= 4 is 5.96 Å². The van der Waals surface area contributed by atoms with Crippen LogP contribution in [0.25, 0.3) is 0 Å². The number of benzene rings is 1. The second-order valence-electron chi connectivity index (χ2n) is 5.88. The van der Waals surface area contributed by atoms with Gasteiger partial charge in [0.1, 0.15) is 6.54 Å². The van der Waals surface area contributed by atoms with Crippen LogP contribution in [0.1, 0.15) is 37.5 Å². The Balaban J connectivity index is 1.83. The standard InChI is InChI=1S/C19H29N5O3/c1-5-20-19(22-13-18-23-14(3)24-27-18)21-11-7-8-15-9-10-16(25-4)17(12-15)26-6-2/h9-10,12H,5-8,11,13H2,1-4H3,(H2,20,21,22). The molecule has 0 unspecified atom stereocenters. The SMILES string of the molecule is CCNC(=NCc1nc(C)no1)NCCCc1ccc(OC)c(OCC)c1. The first-order valence-electron chi connectivity index (χ1n) is 9.27. The van der Waals surface area contributed by atoms with Crippen LogP contribution < -0.4 is 20.1 Å². The number of hydrogen-bond donors (Lipinski definition) is 2. The largest absolute Gasteiger partial charge is 0.493 e. The fraction of sp³-hybridized carbons (Fsp3) is 0.526. The van der Waals surface area contributed by atoms with Crippen LogP contribution in [0.4, 0.5) is 0 Å². The van der Waals surface area contributed by atoms with Gasteiger partial charge in [0.2, 0.25) is 5.89 Å². The van der Waals surface area contributed by atoms with Gasteiger partial charge in [-0.2, -0.15) is 4.98 Å². The molecule has 8 heteroatoms. The highest BCUT2D eigenvalue weighted by Gasteiger charge is 2.06. The zero-order valence-electron chi connectivity index (χ0n) is 16.5. The number of ether oxygens (including phenoxy) is 2. The van der Waals surface area contributed by atoms with Crippen molar-refractivity contribution in [3.05, 3.63) is 35.5 Å². The smallest absolute Gasteiger partial charge is 0.248 e. The predicted molar refractivity (Wildman–Crippen MR) is 104 cm³/mol. The number of aromatic nitrogens is 2. The van der Waals surface area contributed by atoms with Crippen LogP contribution in [-0.4, -0.2) is 42.9 Å². The van der Waals surface area contributed by atoms with E-state index in [0.29, 0.717) is 24.9 Å². The van der Waals surface area contributed by atoms with Gasteiger partial charge in [-0.25, -0.2) is 4.99 Å². The maximum absolute atomic E-state index is 5.63. The van der Waals surface area contributed by atoms with Gasteiger partial charge in [0.05, 0.1) is 13.7 Å². The number of nitrogens with one attached hydrogen (secondary N) is 2. The lowest BCUT2D eigenvalue weighted by atomic mass is 10.1. The van der Waals surface area contributed by atoms with Crippen LogP contribution in [0.15, 0.2) is 27.7 Å². The van der Waals surface area contributed by atoms with Crippen molar-refractivity contribution in [3.63, 3.8) is 0 Å². The molecule has 148 valence electrons. The highest BCUT2D eigenvalue weighted by atomic mass is 16.5. The third kappa shape index (κ3) is 6.80. The third-order valence-electron chi connectivity index (χ3n) is 3.75. The van der Waals surface area contributed by atoms with Crippen molar-refractivity contribution in [1.82, 2.24) is 20.8 Å². The van der Waals surface area contributed by atoms with Gasteiger partial charge in [-0.15, -0.1) is 0 Å². The molecule has 0 aliphatic heterocycles. The molecule has 1 aromatic carbocycles. The molecular weight excluding hydrogens is 346 g/mol. The molecule has 0 saturated carbocycles. The van der Waals surface area contributed by atoms with Crippen molar-refractivity contribution in [2.24, 2.45) is 4.99 Å². The lowest BCUT2D eigenvalue weighted by molar-refractivity contribution is 0.310. The summed E-state index contributed by atoms with van der Waals surface area (Å²) in [4.78, 5) is 8.62. The van der Waals surface area contributed by atoms with E-state index < -0.39 is 0 Å². The molecule has 1 aromatic heterocycles. The van der Waals surface area contributed by atoms with E-state index in [2.05, 4.69) is 31.8 Å². The Labute approximate surface area is 160 Å². The summed E-state index contributed by atoms with van der Waals surface area (Å²) in [6.45, 7) is 8.33. The maximum Gasteiger partial charge on any atom is 0.248 e. The zero-order chi connectivity index (χ0) is 19.5. The van der Waals surface area contributed by atoms with E-state index in [1.54, 1.807) is 14.0 Å². The van der Waals surface area contributed by atoms with Crippen molar-refractivity contribution in [1.29, 1.82) is 0 Å². The van der Waals surface area contributed by atoms with Gasteiger partial charge >= 0.3 is 0 Å². The topological polar surface area (TPSA) is 93.8 Å². The van der Waals surface area contributed by atoms with Gasteiger partial charge in [-0.3, -0.25) is 0 Å². The Morgan fingerprint density at radius 2 is 2.07 bits per heavy atom. The average molecular weight is 375 g/mol. The average Bonchev–Trinajstić information content (AvgIpc) is 3.09. The minimum absolute atomic E-state index is 0.354.